The highest BCUT2D eigenvalue weighted by Gasteiger charge is 2.75. The van der Waals surface area contributed by atoms with Crippen LogP contribution in [0.2, 0.25) is 0 Å². The average molecular weight is 621 g/mol. The van der Waals surface area contributed by atoms with Gasteiger partial charge in [0.15, 0.2) is 17.2 Å². The van der Waals surface area contributed by atoms with E-state index in [9.17, 15) is 9.59 Å². The Morgan fingerprint density at radius 3 is 2.51 bits per heavy atom. The predicted octanol–water partition coefficient (Wildman–Crippen LogP) is 6.95. The van der Waals surface area contributed by atoms with Gasteiger partial charge in [-0.15, -0.1) is 0 Å². The zero-order valence-electron chi connectivity index (χ0n) is 22.8. The number of ether oxygens (including phenoxy) is 3. The number of Topliss-reactive ketones (excluding diaryl/α,β-unsaturated/α-hetero) is 1. The van der Waals surface area contributed by atoms with Crippen molar-refractivity contribution in [3.05, 3.63) is 33.4 Å². The molecule has 9 atom stereocenters. The maximum absolute atomic E-state index is 13.2. The van der Waals surface area contributed by atoms with Crippen LogP contribution >= 0.6 is 22.6 Å². The third-order valence-electron chi connectivity index (χ3n) is 11.5. The molecule has 4 aliphatic carbocycles. The van der Waals surface area contributed by atoms with Gasteiger partial charge in [0.1, 0.15) is 6.10 Å². The molecule has 1 aromatic rings. The van der Waals surface area contributed by atoms with Crippen LogP contribution in [-0.2, 0) is 19.0 Å². The normalized spacial score (nSPS) is 45.8. The molecule has 1 aliphatic heterocycles. The summed E-state index contributed by atoms with van der Waals surface area (Å²) in [5.74, 6) is 1.51. The van der Waals surface area contributed by atoms with Gasteiger partial charge >= 0.3 is 5.97 Å². The lowest BCUT2D eigenvalue weighted by atomic mass is 9.44. The fourth-order valence-corrected chi connectivity index (χ4v) is 10.5. The number of carbonyl (C=O) groups excluding carboxylic acids is 2. The highest BCUT2D eigenvalue weighted by Crippen LogP contribution is 2.71. The summed E-state index contributed by atoms with van der Waals surface area (Å²) in [6.45, 7) is 10.5. The van der Waals surface area contributed by atoms with Crippen molar-refractivity contribution in [3.63, 3.8) is 0 Å². The molecule has 0 aromatic heterocycles. The lowest BCUT2D eigenvalue weighted by Crippen LogP contribution is -2.60. The number of halogens is 1. The Morgan fingerprint density at radius 1 is 1.00 bits per heavy atom. The van der Waals surface area contributed by atoms with Crippen molar-refractivity contribution in [1.82, 2.24) is 0 Å². The van der Waals surface area contributed by atoms with Crippen LogP contribution in [0.1, 0.15) is 96.3 Å². The molecule has 0 radical (unpaired) electrons. The molecule has 1 heterocycles. The molecule has 1 saturated heterocycles. The second-order valence-electron chi connectivity index (χ2n) is 13.6. The first-order valence-corrected chi connectivity index (χ1v) is 15.3. The zero-order chi connectivity index (χ0) is 26.4. The van der Waals surface area contributed by atoms with Gasteiger partial charge < -0.3 is 14.2 Å². The van der Waals surface area contributed by atoms with E-state index in [2.05, 4.69) is 36.4 Å². The molecule has 0 bridgehead atoms. The van der Waals surface area contributed by atoms with Crippen molar-refractivity contribution < 1.29 is 23.8 Å². The first kappa shape index (κ1) is 26.2. The Kier molecular flexibility index (Phi) is 6.21. The highest BCUT2D eigenvalue weighted by atomic mass is 127. The van der Waals surface area contributed by atoms with Gasteiger partial charge in [-0.2, -0.15) is 0 Å². The third-order valence-corrected chi connectivity index (χ3v) is 12.1. The lowest BCUT2D eigenvalue weighted by molar-refractivity contribution is -0.219. The lowest BCUT2D eigenvalue weighted by Gasteiger charge is -2.61. The molecule has 6 heteroatoms. The minimum absolute atomic E-state index is 0.00435. The minimum atomic E-state index is -0.814. The van der Waals surface area contributed by atoms with Gasteiger partial charge in [0.25, 0.3) is 0 Å². The van der Waals surface area contributed by atoms with E-state index in [4.69, 9.17) is 14.2 Å². The summed E-state index contributed by atoms with van der Waals surface area (Å²) >= 11 is 2.24. The Hall–Kier alpha value is -0.990. The van der Waals surface area contributed by atoms with Gasteiger partial charge in [-0.05, 0) is 142 Å². The number of hydrogen-bond acceptors (Lipinski definition) is 5. The summed E-state index contributed by atoms with van der Waals surface area (Å²) in [5.41, 5.74) is -0.0847. The van der Waals surface area contributed by atoms with Crippen LogP contribution in [0, 0.1) is 38.1 Å². The number of hydrogen-bond donors (Lipinski definition) is 0. The number of esters is 1. The summed E-state index contributed by atoms with van der Waals surface area (Å²) in [4.78, 5) is 26.1. The van der Waals surface area contributed by atoms with Crippen molar-refractivity contribution >= 4 is 34.3 Å². The van der Waals surface area contributed by atoms with Gasteiger partial charge in [-0.3, -0.25) is 4.79 Å². The van der Waals surface area contributed by atoms with Crippen LogP contribution in [0.15, 0.2) is 24.3 Å². The summed E-state index contributed by atoms with van der Waals surface area (Å²) in [6, 6.07) is 7.66. The number of ketones is 1. The second-order valence-corrected chi connectivity index (χ2v) is 14.8. The summed E-state index contributed by atoms with van der Waals surface area (Å²) in [7, 11) is 0. The molecule has 6 rings (SSSR count). The Balaban J connectivity index is 1.19. The van der Waals surface area contributed by atoms with Crippen molar-refractivity contribution in [2.75, 3.05) is 0 Å². The average Bonchev–Trinajstić information content (AvgIpc) is 3.25. The first-order chi connectivity index (χ1) is 17.4. The maximum atomic E-state index is 13.2. The first-order valence-electron chi connectivity index (χ1n) is 14.3. The Bertz CT molecular complexity index is 1120. The van der Waals surface area contributed by atoms with Gasteiger partial charge in [0, 0.05) is 8.99 Å². The molecular formula is C31H41IO5. The molecule has 5 nitrogen and oxygen atoms in total. The standard InChI is InChI=1S/C31H41IO5/c1-18(33)31-26(36-28(2,3)37-31)17-25-23-10-9-20-16-22(35-27(34)19-7-6-8-21(32)15-19)11-13-29(20,4)24(23)12-14-30(25,31)5/h6-8,15,20,22-26H,9-14,16-17H2,1-5H3/t20-,22+,23+,24+,25+,26+,29-,30-,31+/m0/s1. The number of carbonyl (C=O) groups is 2. The van der Waals surface area contributed by atoms with Crippen molar-refractivity contribution in [1.29, 1.82) is 0 Å². The van der Waals surface area contributed by atoms with Gasteiger partial charge in [-0.25, -0.2) is 4.79 Å². The van der Waals surface area contributed by atoms with Crippen molar-refractivity contribution in [2.24, 2.45) is 34.5 Å². The zero-order valence-corrected chi connectivity index (χ0v) is 25.0. The molecule has 0 unspecified atom stereocenters. The van der Waals surface area contributed by atoms with Crippen molar-refractivity contribution in [3.8, 4) is 0 Å². The van der Waals surface area contributed by atoms with Gasteiger partial charge in [0.05, 0.1) is 11.7 Å². The molecule has 5 aliphatic rings. The van der Waals surface area contributed by atoms with E-state index < -0.39 is 11.4 Å². The van der Waals surface area contributed by atoms with Crippen LogP contribution in [0.4, 0.5) is 0 Å². The predicted molar refractivity (Wildman–Crippen MR) is 149 cm³/mol. The maximum Gasteiger partial charge on any atom is 0.338 e. The largest absolute Gasteiger partial charge is 0.459 e. The Morgan fingerprint density at radius 2 is 1.78 bits per heavy atom. The minimum Gasteiger partial charge on any atom is -0.459 e. The van der Waals surface area contributed by atoms with Crippen LogP contribution in [0.25, 0.3) is 0 Å². The SMILES string of the molecule is CC(=O)[C@@]12OC(C)(C)O[C@@H]1C[C@@H]1[C@@H]3CC[C@H]4C[C@H](OC(=O)c5cccc(I)c5)CC[C@]4(C)[C@@H]3CC[C@@]12C. The van der Waals surface area contributed by atoms with Crippen molar-refractivity contribution in [2.45, 2.75) is 110 Å². The fourth-order valence-electron chi connectivity index (χ4n) is 9.91. The van der Waals surface area contributed by atoms with E-state index in [-0.39, 0.29) is 34.8 Å². The number of rotatable bonds is 3. The highest BCUT2D eigenvalue weighted by molar-refractivity contribution is 14.1. The molecule has 37 heavy (non-hydrogen) atoms. The van der Waals surface area contributed by atoms with E-state index in [1.54, 1.807) is 6.92 Å². The van der Waals surface area contributed by atoms with E-state index >= 15 is 0 Å². The van der Waals surface area contributed by atoms with Gasteiger partial charge in [0.2, 0.25) is 0 Å². The summed E-state index contributed by atoms with van der Waals surface area (Å²) in [6.07, 6.45) is 8.32. The summed E-state index contributed by atoms with van der Waals surface area (Å²) < 4.78 is 20.1. The number of fused-ring (bicyclic) bond motifs is 7. The molecule has 4 saturated carbocycles. The Labute approximate surface area is 234 Å². The smallest absolute Gasteiger partial charge is 0.338 e. The molecule has 0 amide bonds. The topological polar surface area (TPSA) is 61.8 Å². The third kappa shape index (κ3) is 3.81. The van der Waals surface area contributed by atoms with Gasteiger partial charge in [-0.1, -0.05) is 19.9 Å². The van der Waals surface area contributed by atoms with Crippen LogP contribution in [0.3, 0.4) is 0 Å². The molecule has 5 fully saturated rings. The fraction of sp³-hybridized carbons (Fsp3) is 0.742. The van der Waals surface area contributed by atoms with E-state index in [1.165, 1.54) is 12.8 Å². The molecule has 0 spiro atoms. The van der Waals surface area contributed by atoms with E-state index in [1.807, 2.05) is 38.1 Å². The molecule has 1 aromatic carbocycles. The second kappa shape index (κ2) is 8.76. The summed E-state index contributed by atoms with van der Waals surface area (Å²) in [5, 5.41) is 0. The monoisotopic (exact) mass is 620 g/mol. The molecule has 0 N–H and O–H groups in total. The molecular weight excluding hydrogens is 579 g/mol. The quantitative estimate of drug-likeness (QED) is 0.271. The van der Waals surface area contributed by atoms with Crippen LogP contribution < -0.4 is 0 Å². The van der Waals surface area contributed by atoms with E-state index in [0.717, 1.165) is 42.1 Å². The molecule has 202 valence electrons. The van der Waals surface area contributed by atoms with Crippen LogP contribution in [-0.4, -0.2) is 35.3 Å². The van der Waals surface area contributed by atoms with Crippen LogP contribution in [0.5, 0.6) is 0 Å². The number of benzene rings is 1. The van der Waals surface area contributed by atoms with E-state index in [0.29, 0.717) is 29.2 Å².